The van der Waals surface area contributed by atoms with Crippen molar-refractivity contribution in [2.24, 2.45) is 4.99 Å². The van der Waals surface area contributed by atoms with Gasteiger partial charge in [-0.15, -0.1) is 0 Å². The summed E-state index contributed by atoms with van der Waals surface area (Å²) in [5, 5.41) is 0. The maximum Gasteiger partial charge on any atom is 0.326 e. The zero-order valence-corrected chi connectivity index (χ0v) is 17.8. The van der Waals surface area contributed by atoms with Crippen molar-refractivity contribution in [1.82, 2.24) is 4.57 Å². The number of aryl methyl sites for hydroxylation is 1. The molecule has 2 aromatic carbocycles. The average Bonchev–Trinajstić information content (AvgIpc) is 2.98. The van der Waals surface area contributed by atoms with E-state index >= 15 is 0 Å². The molecule has 7 heteroatoms. The van der Waals surface area contributed by atoms with E-state index in [9.17, 15) is 9.59 Å². The van der Waals surface area contributed by atoms with Crippen LogP contribution in [0, 0.1) is 6.92 Å². The van der Waals surface area contributed by atoms with Crippen molar-refractivity contribution >= 4 is 33.4 Å². The number of thiazole rings is 1. The molecule has 3 rings (SSSR count). The van der Waals surface area contributed by atoms with E-state index < -0.39 is 0 Å². The summed E-state index contributed by atoms with van der Waals surface area (Å²) in [5.41, 5.74) is 2.40. The van der Waals surface area contributed by atoms with E-state index in [1.54, 1.807) is 35.8 Å². The van der Waals surface area contributed by atoms with Crippen LogP contribution >= 0.6 is 11.3 Å². The van der Waals surface area contributed by atoms with Crippen LogP contribution in [-0.4, -0.2) is 29.2 Å². The predicted molar refractivity (Wildman–Crippen MR) is 113 cm³/mol. The second-order valence-corrected chi connectivity index (χ2v) is 7.86. The first-order chi connectivity index (χ1) is 13.9. The molecule has 29 heavy (non-hydrogen) atoms. The predicted octanol–water partition coefficient (Wildman–Crippen LogP) is 4.10. The van der Waals surface area contributed by atoms with Gasteiger partial charge in [0, 0.05) is 5.56 Å². The molecule has 0 saturated carbocycles. The monoisotopic (exact) mass is 412 g/mol. The Morgan fingerprint density at radius 2 is 1.86 bits per heavy atom. The lowest BCUT2D eigenvalue weighted by atomic mass is 10.2. The molecule has 0 atom stereocenters. The number of amides is 1. The molecule has 0 saturated heterocycles. The molecular formula is C22H24N2O4S. The molecular weight excluding hydrogens is 388 g/mol. The molecule has 0 spiro atoms. The van der Waals surface area contributed by atoms with Gasteiger partial charge in [-0.2, -0.15) is 4.99 Å². The van der Waals surface area contributed by atoms with Gasteiger partial charge in [-0.1, -0.05) is 17.4 Å². The molecule has 0 fully saturated rings. The first-order valence-corrected chi connectivity index (χ1v) is 10.3. The SMILES string of the molecule is CCOC(=O)Cn1c(=NC(=O)c2ccc(OC(C)C)cc2)sc2cc(C)ccc21. The van der Waals surface area contributed by atoms with Crippen molar-refractivity contribution in [3.05, 3.63) is 58.4 Å². The zero-order valence-electron chi connectivity index (χ0n) is 17.0. The highest BCUT2D eigenvalue weighted by Gasteiger charge is 2.13. The number of carbonyl (C=O) groups is 2. The minimum atomic E-state index is -0.373. The van der Waals surface area contributed by atoms with E-state index in [0.29, 0.717) is 22.7 Å². The molecule has 1 amide bonds. The van der Waals surface area contributed by atoms with Crippen molar-refractivity contribution in [3.8, 4) is 5.75 Å². The summed E-state index contributed by atoms with van der Waals surface area (Å²) >= 11 is 1.38. The summed E-state index contributed by atoms with van der Waals surface area (Å²) in [4.78, 5) is 29.6. The number of rotatable bonds is 6. The molecule has 0 N–H and O–H groups in total. The number of hydrogen-bond acceptors (Lipinski definition) is 5. The van der Waals surface area contributed by atoms with Crippen LogP contribution < -0.4 is 9.54 Å². The second-order valence-electron chi connectivity index (χ2n) is 6.85. The summed E-state index contributed by atoms with van der Waals surface area (Å²) in [6.45, 7) is 7.96. The summed E-state index contributed by atoms with van der Waals surface area (Å²) in [7, 11) is 0. The number of hydrogen-bond donors (Lipinski definition) is 0. The fourth-order valence-electron chi connectivity index (χ4n) is 2.85. The third kappa shape index (κ3) is 5.12. The van der Waals surface area contributed by atoms with Crippen LogP contribution in [0.15, 0.2) is 47.5 Å². The molecule has 0 unspecified atom stereocenters. The van der Waals surface area contributed by atoms with Gasteiger partial charge in [-0.05, 0) is 69.7 Å². The normalized spacial score (nSPS) is 11.8. The van der Waals surface area contributed by atoms with Crippen molar-refractivity contribution in [2.75, 3.05) is 6.61 Å². The number of fused-ring (bicyclic) bond motifs is 1. The van der Waals surface area contributed by atoms with E-state index in [-0.39, 0.29) is 24.5 Å². The van der Waals surface area contributed by atoms with Crippen LogP contribution in [0.5, 0.6) is 5.75 Å². The first kappa shape index (κ1) is 20.8. The standard InChI is InChI=1S/C22H24N2O4S/c1-5-27-20(25)13-24-18-11-6-15(4)12-19(18)29-22(24)23-21(26)16-7-9-17(10-8-16)28-14(2)3/h6-12,14H,5,13H2,1-4H3. The molecule has 152 valence electrons. The number of esters is 1. The molecule has 1 aromatic heterocycles. The number of aromatic nitrogens is 1. The van der Waals surface area contributed by atoms with Crippen LogP contribution in [0.1, 0.15) is 36.7 Å². The number of ether oxygens (including phenoxy) is 2. The lowest BCUT2D eigenvalue weighted by molar-refractivity contribution is -0.143. The van der Waals surface area contributed by atoms with Crippen LogP contribution in [0.25, 0.3) is 10.2 Å². The highest BCUT2D eigenvalue weighted by Crippen LogP contribution is 2.20. The van der Waals surface area contributed by atoms with Crippen molar-refractivity contribution in [2.45, 2.75) is 40.3 Å². The number of benzene rings is 2. The van der Waals surface area contributed by atoms with Gasteiger partial charge in [0.15, 0.2) is 4.80 Å². The van der Waals surface area contributed by atoms with Crippen LogP contribution in [-0.2, 0) is 16.1 Å². The third-order valence-electron chi connectivity index (χ3n) is 4.10. The summed E-state index contributed by atoms with van der Waals surface area (Å²) in [6.07, 6.45) is 0.0603. The van der Waals surface area contributed by atoms with Gasteiger partial charge in [0.1, 0.15) is 12.3 Å². The van der Waals surface area contributed by atoms with Gasteiger partial charge >= 0.3 is 5.97 Å². The largest absolute Gasteiger partial charge is 0.491 e. The van der Waals surface area contributed by atoms with Gasteiger partial charge < -0.3 is 14.0 Å². The van der Waals surface area contributed by atoms with E-state index in [1.165, 1.54) is 11.3 Å². The van der Waals surface area contributed by atoms with E-state index in [1.807, 2.05) is 39.0 Å². The molecule has 0 bridgehead atoms. The first-order valence-electron chi connectivity index (χ1n) is 9.48. The number of carbonyl (C=O) groups excluding carboxylic acids is 2. The van der Waals surface area contributed by atoms with Crippen LogP contribution in [0.3, 0.4) is 0 Å². The Morgan fingerprint density at radius 1 is 1.14 bits per heavy atom. The van der Waals surface area contributed by atoms with Gasteiger partial charge in [0.2, 0.25) is 0 Å². The van der Waals surface area contributed by atoms with Gasteiger partial charge in [0.05, 0.1) is 22.9 Å². The Morgan fingerprint density at radius 3 is 2.52 bits per heavy atom. The Hall–Kier alpha value is -2.93. The summed E-state index contributed by atoms with van der Waals surface area (Å²) in [6, 6.07) is 12.8. The molecule has 0 radical (unpaired) electrons. The van der Waals surface area contributed by atoms with E-state index in [2.05, 4.69) is 4.99 Å². The third-order valence-corrected chi connectivity index (χ3v) is 5.14. The Balaban J connectivity index is 1.99. The second kappa shape index (κ2) is 9.05. The summed E-state index contributed by atoms with van der Waals surface area (Å²) in [5.74, 6) is -0.0369. The lowest BCUT2D eigenvalue weighted by Crippen LogP contribution is -2.23. The maximum atomic E-state index is 12.7. The average molecular weight is 413 g/mol. The Kier molecular flexibility index (Phi) is 6.49. The van der Waals surface area contributed by atoms with Crippen molar-refractivity contribution in [3.63, 3.8) is 0 Å². The number of nitrogens with zero attached hydrogens (tertiary/aromatic N) is 2. The molecule has 0 aliphatic carbocycles. The summed E-state index contributed by atoms with van der Waals surface area (Å²) < 4.78 is 13.4. The maximum absolute atomic E-state index is 12.7. The van der Waals surface area contributed by atoms with Gasteiger partial charge in [0.25, 0.3) is 5.91 Å². The minimum absolute atomic E-state index is 0.00415. The topological polar surface area (TPSA) is 69.9 Å². The Labute approximate surface area is 173 Å². The van der Waals surface area contributed by atoms with Gasteiger partial charge in [-0.25, -0.2) is 0 Å². The van der Waals surface area contributed by atoms with Crippen molar-refractivity contribution in [1.29, 1.82) is 0 Å². The fraction of sp³-hybridized carbons (Fsp3) is 0.318. The molecule has 0 aliphatic heterocycles. The molecule has 6 nitrogen and oxygen atoms in total. The zero-order chi connectivity index (χ0) is 21.0. The van der Waals surface area contributed by atoms with Crippen LogP contribution in [0.4, 0.5) is 0 Å². The highest BCUT2D eigenvalue weighted by atomic mass is 32.1. The minimum Gasteiger partial charge on any atom is -0.491 e. The smallest absolute Gasteiger partial charge is 0.326 e. The fourth-order valence-corrected chi connectivity index (χ4v) is 3.98. The Bertz CT molecular complexity index is 1090. The quantitative estimate of drug-likeness (QED) is 0.572. The van der Waals surface area contributed by atoms with E-state index in [4.69, 9.17) is 9.47 Å². The van der Waals surface area contributed by atoms with E-state index in [0.717, 1.165) is 15.8 Å². The van der Waals surface area contributed by atoms with Crippen molar-refractivity contribution < 1.29 is 19.1 Å². The lowest BCUT2D eigenvalue weighted by Gasteiger charge is -2.09. The molecule has 3 aromatic rings. The molecule has 1 heterocycles. The van der Waals surface area contributed by atoms with Gasteiger partial charge in [-0.3, -0.25) is 9.59 Å². The van der Waals surface area contributed by atoms with Crippen LogP contribution in [0.2, 0.25) is 0 Å². The molecule has 0 aliphatic rings. The highest BCUT2D eigenvalue weighted by molar-refractivity contribution is 7.16.